The van der Waals surface area contributed by atoms with Crippen LogP contribution in [0.25, 0.3) is 10.4 Å². The molecule has 0 radical (unpaired) electrons. The Kier molecular flexibility index (Phi) is 5.89. The van der Waals surface area contributed by atoms with Gasteiger partial charge in [0.15, 0.2) is 11.5 Å². The smallest absolute Gasteiger partial charge is 0.412 e. The average Bonchev–Trinajstić information content (AvgIpc) is 2.43. The molecule has 0 aromatic heterocycles. The fourth-order valence-electron chi connectivity index (χ4n) is 1.69. The predicted molar refractivity (Wildman–Crippen MR) is 82.3 cm³/mol. The number of azide groups is 1. The topological polar surface area (TPSA) is 106 Å². The molecule has 1 aromatic carbocycles. The average molecular weight is 308 g/mol. The molecule has 0 aliphatic rings. The molecular weight excluding hydrogens is 288 g/mol. The number of methoxy groups -OCH3 is 2. The lowest BCUT2D eigenvalue weighted by atomic mass is 10.1. The number of hydrogen-bond acceptors (Lipinski definition) is 5. The summed E-state index contributed by atoms with van der Waals surface area (Å²) in [6.45, 7) is 5.36. The Bertz CT molecular complexity index is 589. The van der Waals surface area contributed by atoms with Gasteiger partial charge in [-0.25, -0.2) is 4.79 Å². The fraction of sp³-hybridized carbons (Fsp3) is 0.500. The molecule has 0 aliphatic heterocycles. The number of carbonyl (C=O) groups excluding carboxylic acids is 1. The monoisotopic (exact) mass is 308 g/mol. The molecule has 0 atom stereocenters. The highest BCUT2D eigenvalue weighted by atomic mass is 16.6. The largest absolute Gasteiger partial charge is 0.493 e. The van der Waals surface area contributed by atoms with Crippen LogP contribution in [0.15, 0.2) is 17.2 Å². The van der Waals surface area contributed by atoms with Crippen LogP contribution in [-0.2, 0) is 11.3 Å². The first-order valence-electron chi connectivity index (χ1n) is 6.56. The number of hydrogen-bond donors (Lipinski definition) is 1. The number of rotatable bonds is 5. The molecule has 120 valence electrons. The number of nitrogens with one attached hydrogen (secondary N) is 1. The SMILES string of the molecule is COc1cc(CN=[N+]=[N-])c(NC(=O)OC(C)(C)C)cc1OC. The molecule has 0 spiro atoms. The van der Waals surface area contributed by atoms with Crippen molar-refractivity contribution in [1.29, 1.82) is 0 Å². The third-order valence-corrected chi connectivity index (χ3v) is 2.55. The van der Waals surface area contributed by atoms with Gasteiger partial charge in [-0.05, 0) is 37.9 Å². The van der Waals surface area contributed by atoms with Crippen LogP contribution in [-0.4, -0.2) is 25.9 Å². The van der Waals surface area contributed by atoms with Gasteiger partial charge in [0.1, 0.15) is 5.60 Å². The van der Waals surface area contributed by atoms with Gasteiger partial charge in [0.05, 0.1) is 26.5 Å². The lowest BCUT2D eigenvalue weighted by molar-refractivity contribution is 0.0635. The van der Waals surface area contributed by atoms with Crippen molar-refractivity contribution in [3.63, 3.8) is 0 Å². The lowest BCUT2D eigenvalue weighted by Crippen LogP contribution is -2.27. The summed E-state index contributed by atoms with van der Waals surface area (Å²) < 4.78 is 15.6. The Morgan fingerprint density at radius 3 is 2.36 bits per heavy atom. The minimum Gasteiger partial charge on any atom is -0.493 e. The second kappa shape index (κ2) is 7.42. The van der Waals surface area contributed by atoms with E-state index in [0.29, 0.717) is 22.7 Å². The molecule has 0 saturated carbocycles. The van der Waals surface area contributed by atoms with Crippen LogP contribution >= 0.6 is 0 Å². The van der Waals surface area contributed by atoms with Crippen molar-refractivity contribution in [2.45, 2.75) is 32.9 Å². The fourth-order valence-corrected chi connectivity index (χ4v) is 1.69. The van der Waals surface area contributed by atoms with Gasteiger partial charge in [-0.3, -0.25) is 5.32 Å². The van der Waals surface area contributed by atoms with E-state index in [0.717, 1.165) is 0 Å². The van der Waals surface area contributed by atoms with Crippen LogP contribution in [0.2, 0.25) is 0 Å². The summed E-state index contributed by atoms with van der Waals surface area (Å²) in [6, 6.07) is 3.23. The number of nitrogens with zero attached hydrogens (tertiary/aromatic N) is 3. The van der Waals surface area contributed by atoms with Crippen molar-refractivity contribution < 1.29 is 19.0 Å². The van der Waals surface area contributed by atoms with Crippen LogP contribution in [0.4, 0.5) is 10.5 Å². The highest BCUT2D eigenvalue weighted by Crippen LogP contribution is 2.34. The normalized spacial score (nSPS) is 10.4. The van der Waals surface area contributed by atoms with Gasteiger partial charge < -0.3 is 14.2 Å². The first-order valence-corrected chi connectivity index (χ1v) is 6.56. The van der Waals surface area contributed by atoms with Gasteiger partial charge in [0.25, 0.3) is 0 Å². The van der Waals surface area contributed by atoms with E-state index in [2.05, 4.69) is 15.3 Å². The number of benzene rings is 1. The van der Waals surface area contributed by atoms with Gasteiger partial charge in [0.2, 0.25) is 0 Å². The molecule has 0 unspecified atom stereocenters. The summed E-state index contributed by atoms with van der Waals surface area (Å²) in [6.07, 6.45) is -0.609. The van der Waals surface area contributed by atoms with Gasteiger partial charge >= 0.3 is 6.09 Å². The molecule has 1 rings (SSSR count). The maximum atomic E-state index is 11.9. The highest BCUT2D eigenvalue weighted by Gasteiger charge is 2.18. The zero-order chi connectivity index (χ0) is 16.8. The van der Waals surface area contributed by atoms with Gasteiger partial charge in [-0.1, -0.05) is 5.11 Å². The minimum absolute atomic E-state index is 0.0575. The molecule has 1 amide bonds. The summed E-state index contributed by atoms with van der Waals surface area (Å²) >= 11 is 0. The summed E-state index contributed by atoms with van der Waals surface area (Å²) in [5.74, 6) is 0.915. The summed E-state index contributed by atoms with van der Waals surface area (Å²) in [7, 11) is 2.98. The molecule has 0 aliphatic carbocycles. The van der Waals surface area contributed by atoms with E-state index in [4.69, 9.17) is 19.7 Å². The quantitative estimate of drug-likeness (QED) is 0.506. The molecule has 0 heterocycles. The van der Waals surface area contributed by atoms with E-state index < -0.39 is 11.7 Å². The lowest BCUT2D eigenvalue weighted by Gasteiger charge is -2.21. The Morgan fingerprint density at radius 1 is 1.27 bits per heavy atom. The highest BCUT2D eigenvalue weighted by molar-refractivity contribution is 5.86. The van der Waals surface area contributed by atoms with Crippen molar-refractivity contribution >= 4 is 11.8 Å². The molecule has 0 bridgehead atoms. The first kappa shape index (κ1) is 17.5. The molecular formula is C14H20N4O4. The summed E-state index contributed by atoms with van der Waals surface area (Å²) in [5, 5.41) is 6.13. The van der Waals surface area contributed by atoms with Crippen LogP contribution in [0.5, 0.6) is 11.5 Å². The Balaban J connectivity index is 3.13. The zero-order valence-corrected chi connectivity index (χ0v) is 13.3. The second-order valence-corrected chi connectivity index (χ2v) is 5.38. The number of carbonyl (C=O) groups is 1. The van der Waals surface area contributed by atoms with Crippen molar-refractivity contribution in [3.05, 3.63) is 28.1 Å². The molecule has 1 N–H and O–H groups in total. The number of ether oxygens (including phenoxy) is 3. The predicted octanol–water partition coefficient (Wildman–Crippen LogP) is 3.86. The van der Waals surface area contributed by atoms with E-state index in [1.165, 1.54) is 14.2 Å². The molecule has 0 fully saturated rings. The van der Waals surface area contributed by atoms with Gasteiger partial charge in [-0.15, -0.1) is 0 Å². The van der Waals surface area contributed by atoms with Crippen molar-refractivity contribution in [2.24, 2.45) is 5.11 Å². The zero-order valence-electron chi connectivity index (χ0n) is 13.3. The molecule has 1 aromatic rings. The van der Waals surface area contributed by atoms with E-state index in [-0.39, 0.29) is 6.54 Å². The van der Waals surface area contributed by atoms with Crippen LogP contribution in [0.1, 0.15) is 26.3 Å². The van der Waals surface area contributed by atoms with Gasteiger partial charge in [0, 0.05) is 11.0 Å². The van der Waals surface area contributed by atoms with Crippen molar-refractivity contribution in [3.8, 4) is 11.5 Å². The summed E-state index contributed by atoms with van der Waals surface area (Å²) in [4.78, 5) is 14.6. The van der Waals surface area contributed by atoms with Gasteiger partial charge in [-0.2, -0.15) is 0 Å². The molecule has 8 nitrogen and oxygen atoms in total. The van der Waals surface area contributed by atoms with E-state index >= 15 is 0 Å². The third-order valence-electron chi connectivity index (χ3n) is 2.55. The van der Waals surface area contributed by atoms with E-state index in [1.54, 1.807) is 32.9 Å². The van der Waals surface area contributed by atoms with E-state index in [9.17, 15) is 4.79 Å². The first-order chi connectivity index (χ1) is 10.3. The maximum absolute atomic E-state index is 11.9. The Morgan fingerprint density at radius 2 is 1.86 bits per heavy atom. The minimum atomic E-state index is -0.619. The maximum Gasteiger partial charge on any atom is 0.412 e. The van der Waals surface area contributed by atoms with Crippen molar-refractivity contribution in [2.75, 3.05) is 19.5 Å². The molecule has 0 saturated heterocycles. The second-order valence-electron chi connectivity index (χ2n) is 5.38. The Hall–Kier alpha value is -2.60. The number of anilines is 1. The summed E-state index contributed by atoms with van der Waals surface area (Å²) in [5.41, 5.74) is 8.87. The standard InChI is InChI=1S/C14H20N4O4/c1-14(2,3)22-13(19)17-10-7-12(21-5)11(20-4)6-9(10)8-16-18-15/h6-7H,8H2,1-5H3,(H,17,19). The molecule has 22 heavy (non-hydrogen) atoms. The van der Waals surface area contributed by atoms with Crippen LogP contribution in [0, 0.1) is 0 Å². The molecule has 8 heteroatoms. The Labute approximate surface area is 129 Å². The van der Waals surface area contributed by atoms with Crippen LogP contribution < -0.4 is 14.8 Å². The third kappa shape index (κ3) is 5.06. The van der Waals surface area contributed by atoms with Crippen molar-refractivity contribution in [1.82, 2.24) is 0 Å². The van der Waals surface area contributed by atoms with Crippen LogP contribution in [0.3, 0.4) is 0 Å². The van der Waals surface area contributed by atoms with E-state index in [1.807, 2.05) is 0 Å². The number of amides is 1.